The zero-order valence-electron chi connectivity index (χ0n) is 18.0. The van der Waals surface area contributed by atoms with Gasteiger partial charge in [-0.05, 0) is 70.1 Å². The number of anilines is 1. The van der Waals surface area contributed by atoms with Crippen LogP contribution in [0.15, 0.2) is 24.3 Å². The van der Waals surface area contributed by atoms with E-state index in [4.69, 9.17) is 9.16 Å². The van der Waals surface area contributed by atoms with E-state index in [2.05, 4.69) is 44.5 Å². The van der Waals surface area contributed by atoms with E-state index in [0.29, 0.717) is 5.69 Å². The van der Waals surface area contributed by atoms with Crippen LogP contribution in [0.25, 0.3) is 0 Å². The van der Waals surface area contributed by atoms with E-state index >= 15 is 0 Å². The molecule has 1 rings (SSSR count). The summed E-state index contributed by atoms with van der Waals surface area (Å²) >= 11 is 0. The van der Waals surface area contributed by atoms with Gasteiger partial charge in [-0.25, -0.2) is 4.79 Å². The molecule has 0 spiro atoms. The highest BCUT2D eigenvalue weighted by atomic mass is 28.4. The van der Waals surface area contributed by atoms with Crippen LogP contribution in [0.2, 0.25) is 18.1 Å². The molecule has 0 aliphatic heterocycles. The fourth-order valence-electron chi connectivity index (χ4n) is 1.85. The van der Waals surface area contributed by atoms with E-state index in [-0.39, 0.29) is 10.9 Å². The van der Waals surface area contributed by atoms with Crippen LogP contribution in [0.5, 0.6) is 5.75 Å². The summed E-state index contributed by atoms with van der Waals surface area (Å²) in [5, 5.41) is 5.41. The van der Waals surface area contributed by atoms with E-state index in [1.54, 1.807) is 39.8 Å². The Morgan fingerprint density at radius 3 is 1.96 bits per heavy atom. The van der Waals surface area contributed by atoms with Crippen LogP contribution in [0.4, 0.5) is 10.5 Å². The number of alkyl carbamates (subject to hydrolysis) is 1. The Bertz CT molecular complexity index is 658. The van der Waals surface area contributed by atoms with Crippen molar-refractivity contribution >= 4 is 26.0 Å². The maximum atomic E-state index is 12.3. The second kappa shape index (κ2) is 8.33. The number of nitrogens with one attached hydrogen (secondary N) is 2. The van der Waals surface area contributed by atoms with Crippen molar-refractivity contribution in [2.24, 2.45) is 0 Å². The molecule has 0 fully saturated rings. The molecule has 7 heteroatoms. The van der Waals surface area contributed by atoms with Crippen molar-refractivity contribution in [3.05, 3.63) is 24.3 Å². The Kier molecular flexibility index (Phi) is 7.10. The number of amides is 2. The molecule has 2 amide bonds. The largest absolute Gasteiger partial charge is 0.544 e. The van der Waals surface area contributed by atoms with Gasteiger partial charge in [0.2, 0.25) is 14.2 Å². The molecule has 1 atom stereocenters. The van der Waals surface area contributed by atoms with Crippen LogP contribution in [-0.2, 0) is 9.53 Å². The van der Waals surface area contributed by atoms with Crippen LogP contribution < -0.4 is 15.1 Å². The molecule has 0 unspecified atom stereocenters. The summed E-state index contributed by atoms with van der Waals surface area (Å²) in [5.74, 6) is 0.471. The number of ether oxygens (including phenoxy) is 1. The second-order valence-corrected chi connectivity index (χ2v) is 14.0. The Balaban J connectivity index is 2.64. The highest BCUT2D eigenvalue weighted by molar-refractivity contribution is 6.74. The normalized spacial score (nSPS) is 13.5. The predicted molar refractivity (Wildman–Crippen MR) is 112 cm³/mol. The van der Waals surface area contributed by atoms with Crippen LogP contribution in [0, 0.1) is 0 Å². The van der Waals surface area contributed by atoms with Gasteiger partial charge in [-0.2, -0.15) is 0 Å². The van der Waals surface area contributed by atoms with Gasteiger partial charge in [-0.15, -0.1) is 0 Å². The third kappa shape index (κ3) is 7.62. The fourth-order valence-corrected chi connectivity index (χ4v) is 2.89. The molecule has 2 N–H and O–H groups in total. The Morgan fingerprint density at radius 2 is 1.52 bits per heavy atom. The second-order valence-electron chi connectivity index (χ2n) is 9.24. The molecule has 152 valence electrons. The van der Waals surface area contributed by atoms with Crippen molar-refractivity contribution in [3.63, 3.8) is 0 Å². The van der Waals surface area contributed by atoms with Gasteiger partial charge in [0.15, 0.2) is 0 Å². The first-order valence-corrected chi connectivity index (χ1v) is 12.1. The fraction of sp³-hybridized carbons (Fsp3) is 0.600. The van der Waals surface area contributed by atoms with Crippen molar-refractivity contribution in [1.82, 2.24) is 5.32 Å². The maximum absolute atomic E-state index is 12.3. The Labute approximate surface area is 164 Å². The average Bonchev–Trinajstić information content (AvgIpc) is 2.45. The van der Waals surface area contributed by atoms with E-state index in [1.807, 2.05) is 12.1 Å². The molecule has 0 aliphatic carbocycles. The third-order valence-corrected chi connectivity index (χ3v) is 8.79. The molecule has 6 nitrogen and oxygen atoms in total. The number of rotatable bonds is 5. The number of benzene rings is 1. The zero-order chi connectivity index (χ0) is 21.0. The first-order chi connectivity index (χ1) is 12.1. The lowest BCUT2D eigenvalue weighted by Crippen LogP contribution is -2.44. The average molecular weight is 395 g/mol. The summed E-state index contributed by atoms with van der Waals surface area (Å²) in [6, 6.07) is 6.56. The lowest BCUT2D eigenvalue weighted by molar-refractivity contribution is -0.117. The molecule has 0 aromatic heterocycles. The van der Waals surface area contributed by atoms with Gasteiger partial charge in [0.05, 0.1) is 0 Å². The molecular formula is C20H34N2O4Si. The summed E-state index contributed by atoms with van der Waals surface area (Å²) < 4.78 is 11.4. The number of carbonyl (C=O) groups is 2. The van der Waals surface area contributed by atoms with Gasteiger partial charge >= 0.3 is 6.09 Å². The molecule has 1 aromatic carbocycles. The van der Waals surface area contributed by atoms with Gasteiger partial charge in [0.25, 0.3) is 0 Å². The first-order valence-electron chi connectivity index (χ1n) is 9.20. The van der Waals surface area contributed by atoms with Crippen molar-refractivity contribution in [1.29, 1.82) is 0 Å². The third-order valence-electron chi connectivity index (χ3n) is 4.43. The first kappa shape index (κ1) is 23.0. The zero-order valence-corrected chi connectivity index (χ0v) is 19.0. The highest BCUT2D eigenvalue weighted by Crippen LogP contribution is 2.37. The number of hydrogen-bond acceptors (Lipinski definition) is 4. The lowest BCUT2D eigenvalue weighted by atomic mass is 10.2. The van der Waals surface area contributed by atoms with E-state index in [9.17, 15) is 9.59 Å². The number of carbonyl (C=O) groups excluding carboxylic acids is 2. The van der Waals surface area contributed by atoms with Gasteiger partial charge < -0.3 is 19.8 Å². The van der Waals surface area contributed by atoms with Crippen molar-refractivity contribution in [3.8, 4) is 5.75 Å². The summed E-state index contributed by atoms with van der Waals surface area (Å²) in [7, 11) is -1.90. The molecule has 0 saturated carbocycles. The Morgan fingerprint density at radius 1 is 1.00 bits per heavy atom. The molecular weight excluding hydrogens is 360 g/mol. The van der Waals surface area contributed by atoms with Crippen molar-refractivity contribution in [2.45, 2.75) is 78.2 Å². The molecule has 27 heavy (non-hydrogen) atoms. The van der Waals surface area contributed by atoms with E-state index in [0.717, 1.165) is 5.75 Å². The SMILES string of the molecule is C[C@H](NC(=O)OC(C)(C)C)C(=O)Nc1ccc(O[Si](C)(C)C(C)(C)C)cc1. The quantitative estimate of drug-likeness (QED) is 0.695. The standard InChI is InChI=1S/C20H34N2O4Si/c1-14(21-18(24)25-19(2,3)4)17(23)22-15-10-12-16(13-11-15)26-27(8,9)20(5,6)7/h10-14H,1-9H3,(H,21,24)(H,22,23)/t14-/m0/s1. The predicted octanol–water partition coefficient (Wildman–Crippen LogP) is 4.92. The summed E-state index contributed by atoms with van der Waals surface area (Å²) in [6.07, 6.45) is -0.622. The van der Waals surface area contributed by atoms with Gasteiger partial charge in [-0.1, -0.05) is 20.8 Å². The molecule has 0 saturated heterocycles. The van der Waals surface area contributed by atoms with Crippen LogP contribution >= 0.6 is 0 Å². The van der Waals surface area contributed by atoms with Crippen LogP contribution in [0.1, 0.15) is 48.5 Å². The molecule has 0 radical (unpaired) electrons. The molecule has 1 aromatic rings. The van der Waals surface area contributed by atoms with Gasteiger partial charge in [0, 0.05) is 5.69 Å². The molecule has 0 aliphatic rings. The van der Waals surface area contributed by atoms with Crippen LogP contribution in [-0.4, -0.2) is 32.0 Å². The summed E-state index contributed by atoms with van der Waals surface area (Å²) in [4.78, 5) is 24.0. The molecule has 0 bridgehead atoms. The van der Waals surface area contributed by atoms with Gasteiger partial charge in [0.1, 0.15) is 17.4 Å². The van der Waals surface area contributed by atoms with Crippen molar-refractivity contribution in [2.75, 3.05) is 5.32 Å². The van der Waals surface area contributed by atoms with E-state index < -0.39 is 26.1 Å². The smallest absolute Gasteiger partial charge is 0.408 e. The lowest BCUT2D eigenvalue weighted by Gasteiger charge is -2.36. The van der Waals surface area contributed by atoms with E-state index in [1.165, 1.54) is 0 Å². The molecule has 0 heterocycles. The summed E-state index contributed by atoms with van der Waals surface area (Å²) in [6.45, 7) is 17.8. The highest BCUT2D eigenvalue weighted by Gasteiger charge is 2.38. The van der Waals surface area contributed by atoms with Crippen molar-refractivity contribution < 1.29 is 18.8 Å². The minimum Gasteiger partial charge on any atom is -0.544 e. The monoisotopic (exact) mass is 394 g/mol. The topological polar surface area (TPSA) is 76.7 Å². The minimum absolute atomic E-state index is 0.114. The summed E-state index contributed by atoms with van der Waals surface area (Å²) in [5.41, 5.74) is 0.0284. The minimum atomic E-state index is -1.90. The Hall–Kier alpha value is -2.02. The number of hydrogen-bond donors (Lipinski definition) is 2. The van der Waals surface area contributed by atoms with Gasteiger partial charge in [-0.3, -0.25) is 4.79 Å². The van der Waals surface area contributed by atoms with Crippen LogP contribution in [0.3, 0.4) is 0 Å². The maximum Gasteiger partial charge on any atom is 0.408 e.